The van der Waals surface area contributed by atoms with Gasteiger partial charge < -0.3 is 4.18 Å². The van der Waals surface area contributed by atoms with Gasteiger partial charge in [0.1, 0.15) is 6.26 Å². The number of rotatable bonds is 0. The zero-order valence-corrected chi connectivity index (χ0v) is 5.27. The number of hydrogen-bond donors (Lipinski definition) is 0. The Balaban J connectivity index is 2.71. The molecule has 0 amide bonds. The van der Waals surface area contributed by atoms with Gasteiger partial charge in [0.05, 0.1) is 0 Å². The van der Waals surface area contributed by atoms with Crippen LogP contribution in [0.5, 0.6) is 0 Å². The second kappa shape index (κ2) is 2.13. The third-order valence-electron chi connectivity index (χ3n) is 0.771. The van der Waals surface area contributed by atoms with Crippen molar-refractivity contribution in [1.82, 2.24) is 0 Å². The molecule has 2 nitrogen and oxygen atoms in total. The fourth-order valence-corrected chi connectivity index (χ4v) is 0.994. The second-order valence-electron chi connectivity index (χ2n) is 1.52. The van der Waals surface area contributed by atoms with E-state index in [1.54, 1.807) is 6.08 Å². The van der Waals surface area contributed by atoms with E-state index in [9.17, 15) is 4.21 Å². The maximum atomic E-state index is 10.4. The topological polar surface area (TPSA) is 26.3 Å². The van der Waals surface area contributed by atoms with Crippen LogP contribution in [-0.2, 0) is 15.3 Å². The molecule has 1 rings (SSSR count). The molecule has 1 heterocycles. The highest BCUT2D eigenvalue weighted by Crippen LogP contribution is 2.04. The van der Waals surface area contributed by atoms with Crippen LogP contribution in [0.1, 0.15) is 6.92 Å². The molecule has 1 atom stereocenters. The highest BCUT2D eigenvalue weighted by atomic mass is 32.2. The molecule has 3 heteroatoms. The molecule has 0 aliphatic carbocycles. The van der Waals surface area contributed by atoms with Crippen molar-refractivity contribution in [3.05, 3.63) is 23.3 Å². The van der Waals surface area contributed by atoms with Crippen LogP contribution in [0.4, 0.5) is 0 Å². The summed E-state index contributed by atoms with van der Waals surface area (Å²) >= 11 is -1.22. The lowest BCUT2D eigenvalue weighted by atomic mass is 10.3. The first-order valence-corrected chi connectivity index (χ1v) is 3.35. The van der Waals surface area contributed by atoms with Crippen LogP contribution in [0.3, 0.4) is 0 Å². The minimum absolute atomic E-state index is 0.990. The van der Waals surface area contributed by atoms with Gasteiger partial charge >= 0.3 is 0 Å². The van der Waals surface area contributed by atoms with Crippen molar-refractivity contribution in [1.29, 1.82) is 0 Å². The molecule has 0 aromatic heterocycles. The van der Waals surface area contributed by atoms with E-state index in [4.69, 9.17) is 0 Å². The second-order valence-corrected chi connectivity index (χ2v) is 2.51. The summed E-state index contributed by atoms with van der Waals surface area (Å²) in [6, 6.07) is 0. The molecule has 0 saturated heterocycles. The van der Waals surface area contributed by atoms with Crippen LogP contribution >= 0.6 is 0 Å². The smallest absolute Gasteiger partial charge is 0.232 e. The minimum atomic E-state index is -1.22. The molecule has 0 saturated carbocycles. The van der Waals surface area contributed by atoms with Crippen LogP contribution < -0.4 is 0 Å². The Morgan fingerprint density at radius 2 is 2.50 bits per heavy atom. The molecular formula is C5H6O2S. The summed E-state index contributed by atoms with van der Waals surface area (Å²) in [4.78, 5) is 0. The highest BCUT2D eigenvalue weighted by Gasteiger charge is 1.96. The van der Waals surface area contributed by atoms with Crippen molar-refractivity contribution in [3.63, 3.8) is 0 Å². The van der Waals surface area contributed by atoms with Gasteiger partial charge in [-0.25, -0.2) is 4.21 Å². The Morgan fingerprint density at radius 3 is 2.88 bits per heavy atom. The Morgan fingerprint density at radius 1 is 1.75 bits per heavy atom. The van der Waals surface area contributed by atoms with Crippen LogP contribution in [0, 0.1) is 0 Å². The maximum absolute atomic E-state index is 10.4. The Hall–Kier alpha value is -0.570. The Kier molecular flexibility index (Phi) is 1.48. The summed E-state index contributed by atoms with van der Waals surface area (Å²) in [7, 11) is 0. The lowest BCUT2D eigenvalue weighted by molar-refractivity contribution is 0.507. The molecule has 0 spiro atoms. The van der Waals surface area contributed by atoms with Gasteiger partial charge in [0.25, 0.3) is 0 Å². The normalized spacial score (nSPS) is 26.6. The number of hydrogen-bond acceptors (Lipinski definition) is 2. The molecule has 0 aromatic carbocycles. The summed E-state index contributed by atoms with van der Waals surface area (Å²) < 4.78 is 15.0. The maximum Gasteiger partial charge on any atom is 0.232 e. The molecule has 1 aliphatic rings. The minimum Gasteiger partial charge on any atom is -0.405 e. The standard InChI is InChI=1S/C5H6O2S/c1-5-2-3-8(6)7-4-5/h2-4H,1H3/t8-/m1/s1. The summed E-state index contributed by atoms with van der Waals surface area (Å²) in [5, 5.41) is 1.51. The first-order valence-electron chi connectivity index (χ1n) is 2.22. The zero-order valence-electron chi connectivity index (χ0n) is 4.46. The predicted octanol–water partition coefficient (Wildman–Crippen LogP) is 1.10. The molecule has 44 valence electrons. The Labute approximate surface area is 50.5 Å². The molecular weight excluding hydrogens is 124 g/mol. The fourth-order valence-electron chi connectivity index (χ4n) is 0.358. The van der Waals surface area contributed by atoms with Gasteiger partial charge in [-0.05, 0) is 18.6 Å². The monoisotopic (exact) mass is 130 g/mol. The van der Waals surface area contributed by atoms with Gasteiger partial charge in [-0.15, -0.1) is 0 Å². The van der Waals surface area contributed by atoms with Crippen LogP contribution in [0.2, 0.25) is 0 Å². The molecule has 1 aliphatic heterocycles. The average Bonchev–Trinajstić information content (AvgIpc) is 1.77. The Bertz CT molecular complexity index is 167. The molecule has 8 heavy (non-hydrogen) atoms. The van der Waals surface area contributed by atoms with E-state index in [1.165, 1.54) is 11.7 Å². The van der Waals surface area contributed by atoms with Crippen molar-refractivity contribution in [2.24, 2.45) is 0 Å². The molecule has 0 radical (unpaired) electrons. The van der Waals surface area contributed by atoms with E-state index < -0.39 is 11.1 Å². The zero-order chi connectivity index (χ0) is 5.98. The lowest BCUT2D eigenvalue weighted by Gasteiger charge is -1.99. The predicted molar refractivity (Wildman–Crippen MR) is 32.1 cm³/mol. The third-order valence-corrected chi connectivity index (χ3v) is 1.42. The lowest BCUT2D eigenvalue weighted by Crippen LogP contribution is -1.90. The van der Waals surface area contributed by atoms with Crippen LogP contribution in [0.25, 0.3) is 0 Å². The quantitative estimate of drug-likeness (QED) is 0.490. The average molecular weight is 130 g/mol. The largest absolute Gasteiger partial charge is 0.405 e. The van der Waals surface area contributed by atoms with Crippen molar-refractivity contribution in [2.75, 3.05) is 0 Å². The van der Waals surface area contributed by atoms with Gasteiger partial charge in [-0.1, -0.05) is 0 Å². The van der Waals surface area contributed by atoms with Gasteiger partial charge in [0, 0.05) is 5.41 Å². The van der Waals surface area contributed by atoms with Gasteiger partial charge in [0.2, 0.25) is 11.1 Å². The summed E-state index contributed by atoms with van der Waals surface area (Å²) in [5.74, 6) is 0. The molecule has 0 bridgehead atoms. The van der Waals surface area contributed by atoms with Gasteiger partial charge in [-0.2, -0.15) is 0 Å². The van der Waals surface area contributed by atoms with Crippen molar-refractivity contribution < 1.29 is 8.39 Å². The summed E-state index contributed by atoms with van der Waals surface area (Å²) in [6.45, 7) is 1.88. The van der Waals surface area contributed by atoms with E-state index in [2.05, 4.69) is 4.18 Å². The molecule has 0 N–H and O–H groups in total. The SMILES string of the molecule is CC1=CO[S@@](=O)C=C1. The highest BCUT2D eigenvalue weighted by molar-refractivity contribution is 7.83. The van der Waals surface area contributed by atoms with Crippen molar-refractivity contribution >= 4 is 11.1 Å². The van der Waals surface area contributed by atoms with E-state index in [0.29, 0.717) is 0 Å². The fraction of sp³-hybridized carbons (Fsp3) is 0.200. The molecule has 0 aromatic rings. The van der Waals surface area contributed by atoms with Gasteiger partial charge in [0.15, 0.2) is 0 Å². The third kappa shape index (κ3) is 1.20. The van der Waals surface area contributed by atoms with E-state index in [-0.39, 0.29) is 0 Å². The van der Waals surface area contributed by atoms with Gasteiger partial charge in [-0.3, -0.25) is 0 Å². The van der Waals surface area contributed by atoms with E-state index in [1.807, 2.05) is 6.92 Å². The molecule has 0 fully saturated rings. The van der Waals surface area contributed by atoms with E-state index in [0.717, 1.165) is 5.57 Å². The van der Waals surface area contributed by atoms with Crippen molar-refractivity contribution in [3.8, 4) is 0 Å². The molecule has 0 unspecified atom stereocenters. The van der Waals surface area contributed by atoms with Crippen molar-refractivity contribution in [2.45, 2.75) is 6.92 Å². The van der Waals surface area contributed by atoms with Crippen LogP contribution in [-0.4, -0.2) is 4.21 Å². The first-order chi connectivity index (χ1) is 3.79. The summed E-state index contributed by atoms with van der Waals surface area (Å²) in [5.41, 5.74) is 0.990. The summed E-state index contributed by atoms with van der Waals surface area (Å²) in [6.07, 6.45) is 3.25. The number of allylic oxidation sites excluding steroid dienone is 2. The first kappa shape index (κ1) is 5.56. The van der Waals surface area contributed by atoms with Crippen LogP contribution in [0.15, 0.2) is 23.3 Å². The van der Waals surface area contributed by atoms with E-state index >= 15 is 0 Å².